The van der Waals surface area contributed by atoms with E-state index in [1.807, 2.05) is 53.1 Å². The van der Waals surface area contributed by atoms with Crippen molar-refractivity contribution < 1.29 is 14.0 Å². The monoisotopic (exact) mass is 480 g/mol. The average Bonchev–Trinajstić information content (AvgIpc) is 3.40. The van der Waals surface area contributed by atoms with Gasteiger partial charge in [-0.2, -0.15) is 0 Å². The number of benzene rings is 2. The lowest BCUT2D eigenvalue weighted by atomic mass is 10.2. The molecule has 4 aromatic rings. The molecule has 0 atom stereocenters. The maximum absolute atomic E-state index is 12.7. The summed E-state index contributed by atoms with van der Waals surface area (Å²) in [6.45, 7) is 0.633. The van der Waals surface area contributed by atoms with Crippen molar-refractivity contribution in [3.8, 4) is 0 Å². The number of hydrogen-bond acceptors (Lipinski definition) is 4. The van der Waals surface area contributed by atoms with Crippen LogP contribution in [-0.4, -0.2) is 27.9 Å². The number of para-hydroxylation sites is 2. The van der Waals surface area contributed by atoms with Crippen LogP contribution in [-0.2, 0) is 17.8 Å². The minimum Gasteiger partial charge on any atom is -0.459 e. The van der Waals surface area contributed by atoms with Crippen LogP contribution >= 0.6 is 15.9 Å². The highest BCUT2D eigenvalue weighted by Crippen LogP contribution is 2.19. The molecule has 2 amide bonds. The molecule has 31 heavy (non-hydrogen) atoms. The normalized spacial score (nSPS) is 10.9. The third-order valence-electron chi connectivity index (χ3n) is 4.75. The van der Waals surface area contributed by atoms with Gasteiger partial charge in [-0.15, -0.1) is 0 Å². The fourth-order valence-corrected chi connectivity index (χ4v) is 3.75. The Kier molecular flexibility index (Phi) is 6.47. The van der Waals surface area contributed by atoms with Gasteiger partial charge >= 0.3 is 0 Å². The summed E-state index contributed by atoms with van der Waals surface area (Å²) in [5.74, 6) is 0.717. The Balaban J connectivity index is 1.43. The van der Waals surface area contributed by atoms with Gasteiger partial charge in [0.1, 0.15) is 12.4 Å². The number of fused-ring (bicyclic) bond motifs is 1. The number of hydrogen-bond donors (Lipinski definition) is 2. The van der Waals surface area contributed by atoms with Crippen molar-refractivity contribution in [2.75, 3.05) is 11.9 Å². The van der Waals surface area contributed by atoms with Gasteiger partial charge in [0.05, 0.1) is 17.3 Å². The Hall–Kier alpha value is -3.39. The number of furan rings is 1. The molecule has 2 N–H and O–H groups in total. The molecule has 4 rings (SSSR count). The molecule has 0 radical (unpaired) electrons. The first-order chi connectivity index (χ1) is 15.1. The molecule has 0 spiro atoms. The molecule has 0 aliphatic heterocycles. The number of carbonyl (C=O) groups is 2. The highest BCUT2D eigenvalue weighted by molar-refractivity contribution is 9.10. The number of aryl methyl sites for hydroxylation is 1. The zero-order valence-electron chi connectivity index (χ0n) is 16.7. The fourth-order valence-electron chi connectivity index (χ4n) is 3.35. The Labute approximate surface area is 187 Å². The number of halogens is 1. The molecule has 0 fully saturated rings. The van der Waals surface area contributed by atoms with E-state index in [2.05, 4.69) is 26.6 Å². The van der Waals surface area contributed by atoms with Gasteiger partial charge in [0, 0.05) is 23.1 Å². The second-order valence-electron chi connectivity index (χ2n) is 7.00. The van der Waals surface area contributed by atoms with Crippen LogP contribution in [0.2, 0.25) is 0 Å². The van der Waals surface area contributed by atoms with Crippen molar-refractivity contribution in [1.82, 2.24) is 14.9 Å². The Bertz CT molecular complexity index is 1200. The van der Waals surface area contributed by atoms with Gasteiger partial charge in [0.2, 0.25) is 5.91 Å². The molecule has 2 aromatic heterocycles. The van der Waals surface area contributed by atoms with Crippen LogP contribution < -0.4 is 10.6 Å². The van der Waals surface area contributed by atoms with Gasteiger partial charge in [-0.1, -0.05) is 34.1 Å². The van der Waals surface area contributed by atoms with Crippen molar-refractivity contribution in [3.05, 3.63) is 83.0 Å². The van der Waals surface area contributed by atoms with Crippen LogP contribution in [0, 0.1) is 0 Å². The topological polar surface area (TPSA) is 89.2 Å². The number of carbonyl (C=O) groups excluding carboxylic acids is 2. The van der Waals surface area contributed by atoms with E-state index >= 15 is 0 Å². The standard InChI is InChI=1S/C23H21BrN4O3/c24-16-6-3-7-17(14-16)26-22(29)15-28-19-9-2-1-8-18(19)27-21(28)11-4-12-25-23(30)20-10-5-13-31-20/h1-3,5-10,13-14H,4,11-12,15H2,(H,25,30)(H,26,29). The zero-order chi connectivity index (χ0) is 21.6. The molecular weight excluding hydrogens is 460 g/mol. The van der Waals surface area contributed by atoms with E-state index in [0.717, 1.165) is 27.0 Å². The molecule has 0 unspecified atom stereocenters. The van der Waals surface area contributed by atoms with E-state index in [-0.39, 0.29) is 24.1 Å². The summed E-state index contributed by atoms with van der Waals surface area (Å²) in [6.07, 6.45) is 2.77. The van der Waals surface area contributed by atoms with Gasteiger partial charge < -0.3 is 19.6 Å². The summed E-state index contributed by atoms with van der Waals surface area (Å²) in [4.78, 5) is 29.4. The third kappa shape index (κ3) is 5.21. The van der Waals surface area contributed by atoms with Gasteiger partial charge in [-0.25, -0.2) is 4.98 Å². The maximum atomic E-state index is 12.7. The van der Waals surface area contributed by atoms with Crippen LogP contribution in [0.15, 0.2) is 75.8 Å². The summed E-state index contributed by atoms with van der Waals surface area (Å²) >= 11 is 3.41. The predicted molar refractivity (Wildman–Crippen MR) is 122 cm³/mol. The number of aromatic nitrogens is 2. The summed E-state index contributed by atoms with van der Waals surface area (Å²) in [7, 11) is 0. The molecule has 2 aromatic carbocycles. The molecule has 0 aliphatic carbocycles. The van der Waals surface area contributed by atoms with E-state index in [1.54, 1.807) is 12.1 Å². The lowest BCUT2D eigenvalue weighted by Gasteiger charge is -2.11. The second kappa shape index (κ2) is 9.61. The highest BCUT2D eigenvalue weighted by atomic mass is 79.9. The quantitative estimate of drug-likeness (QED) is 0.366. The molecule has 0 saturated carbocycles. The number of nitrogens with zero attached hydrogens (tertiary/aromatic N) is 2. The Morgan fingerprint density at radius 2 is 1.94 bits per heavy atom. The zero-order valence-corrected chi connectivity index (χ0v) is 18.3. The van der Waals surface area contributed by atoms with Crippen molar-refractivity contribution in [3.63, 3.8) is 0 Å². The van der Waals surface area contributed by atoms with Crippen molar-refractivity contribution >= 4 is 44.5 Å². The second-order valence-corrected chi connectivity index (χ2v) is 7.91. The number of nitrogens with one attached hydrogen (secondary N) is 2. The van der Waals surface area contributed by atoms with E-state index in [0.29, 0.717) is 19.4 Å². The average molecular weight is 481 g/mol. The van der Waals surface area contributed by atoms with E-state index in [9.17, 15) is 9.59 Å². The summed E-state index contributed by atoms with van der Waals surface area (Å²) in [5.41, 5.74) is 2.47. The Morgan fingerprint density at radius 3 is 2.74 bits per heavy atom. The van der Waals surface area contributed by atoms with Crippen molar-refractivity contribution in [2.45, 2.75) is 19.4 Å². The molecule has 0 aliphatic rings. The SMILES string of the molecule is O=C(Cn1c(CCCNC(=O)c2ccco2)nc2ccccc21)Nc1cccc(Br)c1. The lowest BCUT2D eigenvalue weighted by Crippen LogP contribution is -2.25. The first-order valence-corrected chi connectivity index (χ1v) is 10.7. The summed E-state index contributed by atoms with van der Waals surface area (Å²) in [5, 5.41) is 5.76. The van der Waals surface area contributed by atoms with Crippen molar-refractivity contribution in [1.29, 1.82) is 0 Å². The third-order valence-corrected chi connectivity index (χ3v) is 5.24. The number of rotatable bonds is 8. The molecular formula is C23H21BrN4O3. The first-order valence-electron chi connectivity index (χ1n) is 9.91. The molecule has 0 bridgehead atoms. The maximum Gasteiger partial charge on any atom is 0.286 e. The predicted octanol–water partition coefficient (Wildman–Crippen LogP) is 4.39. The van der Waals surface area contributed by atoms with Crippen LogP contribution in [0.3, 0.4) is 0 Å². The van der Waals surface area contributed by atoms with Crippen LogP contribution in [0.1, 0.15) is 22.8 Å². The molecule has 158 valence electrons. The van der Waals surface area contributed by atoms with Crippen LogP contribution in [0.4, 0.5) is 5.69 Å². The molecule has 2 heterocycles. The van der Waals surface area contributed by atoms with Gasteiger partial charge in [0.25, 0.3) is 5.91 Å². The summed E-state index contributed by atoms with van der Waals surface area (Å²) < 4.78 is 7.92. The largest absolute Gasteiger partial charge is 0.459 e. The number of amides is 2. The van der Waals surface area contributed by atoms with Crippen LogP contribution in [0.25, 0.3) is 11.0 Å². The Morgan fingerprint density at radius 1 is 1.06 bits per heavy atom. The highest BCUT2D eigenvalue weighted by Gasteiger charge is 2.14. The minimum atomic E-state index is -0.244. The fraction of sp³-hybridized carbons (Fsp3) is 0.174. The minimum absolute atomic E-state index is 0.131. The van der Waals surface area contributed by atoms with Gasteiger partial charge in [0.15, 0.2) is 5.76 Å². The van der Waals surface area contributed by atoms with Gasteiger partial charge in [-0.05, 0) is 48.9 Å². The van der Waals surface area contributed by atoms with Crippen LogP contribution in [0.5, 0.6) is 0 Å². The number of imidazole rings is 1. The van der Waals surface area contributed by atoms with E-state index in [4.69, 9.17) is 9.40 Å². The van der Waals surface area contributed by atoms with Gasteiger partial charge in [-0.3, -0.25) is 9.59 Å². The lowest BCUT2D eigenvalue weighted by molar-refractivity contribution is -0.116. The smallest absolute Gasteiger partial charge is 0.286 e. The first kappa shape index (κ1) is 20.9. The van der Waals surface area contributed by atoms with E-state index in [1.165, 1.54) is 6.26 Å². The van der Waals surface area contributed by atoms with Crippen molar-refractivity contribution in [2.24, 2.45) is 0 Å². The summed E-state index contributed by atoms with van der Waals surface area (Å²) in [6, 6.07) is 18.5. The number of anilines is 1. The van der Waals surface area contributed by atoms with E-state index < -0.39 is 0 Å². The molecule has 0 saturated heterocycles. The molecule has 8 heteroatoms. The molecule has 7 nitrogen and oxygen atoms in total.